The van der Waals surface area contributed by atoms with Crippen LogP contribution in [-0.2, 0) is 15.0 Å². The Morgan fingerprint density at radius 3 is 2.47 bits per heavy atom. The number of hydrogen-bond acceptors (Lipinski definition) is 5. The third-order valence-electron chi connectivity index (χ3n) is 1.61. The number of rotatable bonds is 7. The van der Waals surface area contributed by atoms with Crippen LogP contribution in [0.2, 0.25) is 0 Å². The molecule has 15 heavy (non-hydrogen) atoms. The van der Waals surface area contributed by atoms with Crippen LogP contribution in [0.4, 0.5) is 0 Å². The molecule has 0 aromatic heterocycles. The molecule has 0 amide bonds. The van der Waals surface area contributed by atoms with Crippen molar-refractivity contribution in [3.05, 3.63) is 0 Å². The van der Waals surface area contributed by atoms with Gasteiger partial charge in [0.05, 0.1) is 15.8 Å². The van der Waals surface area contributed by atoms with Crippen molar-refractivity contribution in [2.45, 2.75) is 33.1 Å². The van der Waals surface area contributed by atoms with E-state index in [4.69, 9.17) is 4.84 Å². The molecule has 0 atom stereocenters. The molecule has 0 rings (SSSR count). The molecule has 0 aliphatic heterocycles. The molecule has 0 saturated carbocycles. The van der Waals surface area contributed by atoms with Crippen molar-refractivity contribution < 1.29 is 69.2 Å². The van der Waals surface area contributed by atoms with E-state index >= 15 is 0 Å². The van der Waals surface area contributed by atoms with E-state index in [1.807, 2.05) is 13.8 Å². The van der Waals surface area contributed by atoms with Crippen LogP contribution in [0, 0.1) is 0 Å². The van der Waals surface area contributed by atoms with Crippen LogP contribution < -0.4 is 51.4 Å². The van der Waals surface area contributed by atoms with Crippen molar-refractivity contribution in [1.29, 1.82) is 0 Å². The summed E-state index contributed by atoms with van der Waals surface area (Å²) in [5.74, 6) is -0.327. The van der Waals surface area contributed by atoms with Gasteiger partial charge in [-0.1, -0.05) is 12.1 Å². The second-order valence-corrected chi connectivity index (χ2v) is 4.51. The molecule has 0 fully saturated rings. The molecule has 0 bridgehead atoms. The summed E-state index contributed by atoms with van der Waals surface area (Å²) >= 11 is 0. The molecule has 0 spiro atoms. The number of oxime groups is 1. The second kappa shape index (κ2) is 10.2. The van der Waals surface area contributed by atoms with Crippen LogP contribution in [0.3, 0.4) is 0 Å². The van der Waals surface area contributed by atoms with Gasteiger partial charge in [0.25, 0.3) is 0 Å². The zero-order valence-corrected chi connectivity index (χ0v) is 13.5. The molecule has 0 saturated heterocycles. The minimum Gasteiger partial charge on any atom is -0.748 e. The molecule has 0 aliphatic carbocycles. The van der Waals surface area contributed by atoms with Gasteiger partial charge in [0.2, 0.25) is 0 Å². The third kappa shape index (κ3) is 15.0. The van der Waals surface area contributed by atoms with E-state index in [-0.39, 0.29) is 57.1 Å². The first kappa shape index (κ1) is 18.4. The molecule has 0 heterocycles. The maximum atomic E-state index is 10.2. The monoisotopic (exact) mass is 261 g/mol. The molecule has 7 heteroatoms. The minimum atomic E-state index is -4.07. The summed E-state index contributed by atoms with van der Waals surface area (Å²) in [6.45, 7) is 4.17. The van der Waals surface area contributed by atoms with Gasteiger partial charge in [-0.15, -0.1) is 0 Å². The predicted octanol–water partition coefficient (Wildman–Crippen LogP) is -1.88. The normalized spacial score (nSPS) is 12.1. The fourth-order valence-corrected chi connectivity index (χ4v) is 1.22. The fraction of sp³-hybridized carbons (Fsp3) is 0.875. The molecular formula is C8H16KNO4S. The average molecular weight is 261 g/mol. The number of hydrogen-bond donors (Lipinski definition) is 0. The van der Waals surface area contributed by atoms with Crippen LogP contribution in [0.25, 0.3) is 0 Å². The van der Waals surface area contributed by atoms with E-state index in [0.29, 0.717) is 19.4 Å². The minimum absolute atomic E-state index is 0. The first-order chi connectivity index (χ1) is 6.45. The first-order valence-corrected chi connectivity index (χ1v) is 6.12. The van der Waals surface area contributed by atoms with Crippen molar-refractivity contribution >= 4 is 15.8 Å². The average Bonchev–Trinajstić information content (AvgIpc) is 2.08. The van der Waals surface area contributed by atoms with Crippen LogP contribution >= 0.6 is 0 Å². The molecule has 0 aromatic rings. The van der Waals surface area contributed by atoms with Crippen LogP contribution in [0.1, 0.15) is 33.1 Å². The largest absolute Gasteiger partial charge is 1.00 e. The summed E-state index contributed by atoms with van der Waals surface area (Å²) in [6.07, 6.45) is 1.68. The Kier molecular flexibility index (Phi) is 12.5. The van der Waals surface area contributed by atoms with E-state index in [9.17, 15) is 13.0 Å². The zero-order chi connectivity index (χ0) is 11.0. The van der Waals surface area contributed by atoms with E-state index in [1.165, 1.54) is 0 Å². The Bertz CT molecular complexity index is 276. The Hall–Kier alpha value is 1.02. The van der Waals surface area contributed by atoms with Gasteiger partial charge in [-0.2, -0.15) is 0 Å². The van der Waals surface area contributed by atoms with Gasteiger partial charge in [-0.3, -0.25) is 0 Å². The summed E-state index contributed by atoms with van der Waals surface area (Å²) in [5.41, 5.74) is 0.890. The van der Waals surface area contributed by atoms with Gasteiger partial charge in [0.15, 0.2) is 0 Å². The van der Waals surface area contributed by atoms with E-state index < -0.39 is 10.1 Å². The summed E-state index contributed by atoms with van der Waals surface area (Å²) in [6, 6.07) is 0. The van der Waals surface area contributed by atoms with Gasteiger partial charge < -0.3 is 9.39 Å². The Morgan fingerprint density at radius 2 is 2.00 bits per heavy atom. The van der Waals surface area contributed by atoms with Crippen LogP contribution in [-0.4, -0.2) is 31.0 Å². The maximum Gasteiger partial charge on any atom is 1.00 e. The van der Waals surface area contributed by atoms with E-state index in [1.54, 1.807) is 0 Å². The standard InChI is InChI=1S/C8H17NO4S.K/c1-3-8(2)9-13-6-4-5-7-14(10,11)12;/h3-7H2,1-2H3,(H,10,11,12);/q;+1/p-1. The van der Waals surface area contributed by atoms with Gasteiger partial charge in [0.1, 0.15) is 6.61 Å². The van der Waals surface area contributed by atoms with Crippen molar-refractivity contribution in [2.75, 3.05) is 12.4 Å². The third-order valence-corrected chi connectivity index (χ3v) is 2.40. The summed E-state index contributed by atoms with van der Waals surface area (Å²) in [7, 11) is -4.07. The van der Waals surface area contributed by atoms with Crippen LogP contribution in [0.15, 0.2) is 5.16 Å². The molecular weight excluding hydrogens is 245 g/mol. The Balaban J connectivity index is 0. The maximum absolute atomic E-state index is 10.2. The van der Waals surface area contributed by atoms with Gasteiger partial charge in [-0.25, -0.2) is 8.42 Å². The Labute approximate surface area is 134 Å². The van der Waals surface area contributed by atoms with E-state index in [0.717, 1.165) is 12.1 Å². The summed E-state index contributed by atoms with van der Waals surface area (Å²) in [4.78, 5) is 4.89. The van der Waals surface area contributed by atoms with Gasteiger partial charge >= 0.3 is 51.4 Å². The summed E-state index contributed by atoms with van der Waals surface area (Å²) < 4.78 is 30.6. The van der Waals surface area contributed by atoms with E-state index in [2.05, 4.69) is 5.16 Å². The summed E-state index contributed by atoms with van der Waals surface area (Å²) in [5, 5.41) is 3.77. The van der Waals surface area contributed by atoms with Gasteiger partial charge in [-0.05, 0) is 26.2 Å². The molecule has 0 aliphatic rings. The Morgan fingerprint density at radius 1 is 1.40 bits per heavy atom. The van der Waals surface area contributed by atoms with Crippen molar-refractivity contribution in [2.24, 2.45) is 5.16 Å². The molecule has 5 nitrogen and oxygen atoms in total. The smallest absolute Gasteiger partial charge is 0.748 e. The number of unbranched alkanes of at least 4 members (excludes halogenated alkanes) is 1. The zero-order valence-electron chi connectivity index (χ0n) is 9.52. The topological polar surface area (TPSA) is 78.8 Å². The van der Waals surface area contributed by atoms with Gasteiger partial charge in [0, 0.05) is 5.75 Å². The first-order valence-electron chi connectivity index (χ1n) is 4.54. The van der Waals surface area contributed by atoms with Crippen molar-refractivity contribution in [1.82, 2.24) is 0 Å². The van der Waals surface area contributed by atoms with Crippen molar-refractivity contribution in [3.63, 3.8) is 0 Å². The molecule has 84 valence electrons. The molecule has 0 aromatic carbocycles. The quantitative estimate of drug-likeness (QED) is 0.177. The molecule has 0 unspecified atom stereocenters. The fourth-order valence-electron chi connectivity index (χ4n) is 0.666. The number of nitrogens with zero attached hydrogens (tertiary/aromatic N) is 1. The second-order valence-electron chi connectivity index (χ2n) is 2.98. The molecule has 0 radical (unpaired) electrons. The van der Waals surface area contributed by atoms with Crippen LogP contribution in [0.5, 0.6) is 0 Å². The molecule has 0 N–H and O–H groups in total. The SMILES string of the molecule is CCC(C)=NOCCCCS(=O)(=O)[O-].[K+]. The predicted molar refractivity (Wildman–Crippen MR) is 53.2 cm³/mol. The van der Waals surface area contributed by atoms with Crippen molar-refractivity contribution in [3.8, 4) is 0 Å².